The summed E-state index contributed by atoms with van der Waals surface area (Å²) in [5.41, 5.74) is 1.87. The fourth-order valence-corrected chi connectivity index (χ4v) is 3.15. The highest BCUT2D eigenvalue weighted by Gasteiger charge is 2.48. The van der Waals surface area contributed by atoms with E-state index >= 15 is 0 Å². The van der Waals surface area contributed by atoms with Gasteiger partial charge in [-0.05, 0) is 24.3 Å². The third kappa shape index (κ3) is 1.05. The lowest BCUT2D eigenvalue weighted by atomic mass is 9.64. The maximum atomic E-state index is 3.68. The molecule has 1 aromatic rings. The van der Waals surface area contributed by atoms with Crippen molar-refractivity contribution < 1.29 is 0 Å². The average Bonchev–Trinajstić information content (AvgIpc) is 2.22. The molecule has 14 heavy (non-hydrogen) atoms. The van der Waals surface area contributed by atoms with Gasteiger partial charge in [-0.15, -0.1) is 0 Å². The number of hydrogen-bond acceptors (Lipinski definition) is 1. The zero-order valence-corrected chi connectivity index (χ0v) is 8.50. The second-order valence-electron chi connectivity index (χ2n) is 4.66. The Morgan fingerprint density at radius 3 is 2.64 bits per heavy atom. The van der Waals surface area contributed by atoms with E-state index in [0.29, 0.717) is 5.54 Å². The van der Waals surface area contributed by atoms with Crippen LogP contribution in [0.5, 0.6) is 0 Å². The molecule has 1 aromatic carbocycles. The van der Waals surface area contributed by atoms with Gasteiger partial charge in [0, 0.05) is 12.1 Å². The lowest BCUT2D eigenvalue weighted by molar-refractivity contribution is 0.0480. The third-order valence-corrected chi connectivity index (χ3v) is 4.02. The predicted octanol–water partition coefficient (Wildman–Crippen LogP) is 2.68. The monoisotopic (exact) mass is 187 g/mol. The molecule has 2 fully saturated rings. The first kappa shape index (κ1) is 8.49. The van der Waals surface area contributed by atoms with Crippen LogP contribution in [0.1, 0.15) is 31.2 Å². The summed E-state index contributed by atoms with van der Waals surface area (Å²) in [7, 11) is 0. The molecule has 2 atom stereocenters. The van der Waals surface area contributed by atoms with Gasteiger partial charge in [-0.3, -0.25) is 0 Å². The van der Waals surface area contributed by atoms with Gasteiger partial charge < -0.3 is 5.32 Å². The predicted molar refractivity (Wildman–Crippen MR) is 58.1 cm³/mol. The molecule has 74 valence electrons. The van der Waals surface area contributed by atoms with Crippen LogP contribution in [0.3, 0.4) is 0 Å². The van der Waals surface area contributed by atoms with E-state index < -0.39 is 0 Å². The fourth-order valence-electron chi connectivity index (χ4n) is 3.15. The quantitative estimate of drug-likeness (QED) is 0.712. The van der Waals surface area contributed by atoms with E-state index in [0.717, 1.165) is 5.92 Å². The summed E-state index contributed by atoms with van der Waals surface area (Å²) in [5.74, 6) is 0.902. The molecule has 0 spiro atoms. The van der Waals surface area contributed by atoms with Crippen molar-refractivity contribution in [2.75, 3.05) is 6.54 Å². The van der Waals surface area contributed by atoms with E-state index in [4.69, 9.17) is 0 Å². The fraction of sp³-hybridized carbons (Fsp3) is 0.538. The Balaban J connectivity index is 1.96. The van der Waals surface area contributed by atoms with Gasteiger partial charge in [0.25, 0.3) is 0 Å². The number of nitrogens with one attached hydrogen (secondary N) is 1. The second-order valence-corrected chi connectivity index (χ2v) is 4.66. The summed E-state index contributed by atoms with van der Waals surface area (Å²) in [5, 5.41) is 3.68. The Morgan fingerprint density at radius 2 is 2.00 bits per heavy atom. The van der Waals surface area contributed by atoms with Crippen molar-refractivity contribution in [1.29, 1.82) is 0 Å². The molecule has 1 aliphatic heterocycles. The Kier molecular flexibility index (Phi) is 1.88. The molecular weight excluding hydrogens is 170 g/mol. The molecule has 0 unspecified atom stereocenters. The van der Waals surface area contributed by atoms with Crippen LogP contribution in [0.25, 0.3) is 0 Å². The molecule has 0 radical (unpaired) electrons. The molecule has 1 saturated carbocycles. The molecular formula is C13H17N. The maximum absolute atomic E-state index is 3.68. The average molecular weight is 187 g/mol. The highest BCUT2D eigenvalue weighted by molar-refractivity contribution is 5.29. The van der Waals surface area contributed by atoms with Gasteiger partial charge in [0.15, 0.2) is 0 Å². The number of fused-ring (bicyclic) bond motifs is 1. The third-order valence-electron chi connectivity index (χ3n) is 4.02. The van der Waals surface area contributed by atoms with E-state index in [1.54, 1.807) is 0 Å². The largest absolute Gasteiger partial charge is 0.307 e. The first-order valence-electron chi connectivity index (χ1n) is 5.72. The van der Waals surface area contributed by atoms with Gasteiger partial charge in [0.1, 0.15) is 0 Å². The van der Waals surface area contributed by atoms with Crippen molar-refractivity contribution in [3.63, 3.8) is 0 Å². The Morgan fingerprint density at radius 1 is 1.14 bits per heavy atom. The number of rotatable bonds is 1. The van der Waals surface area contributed by atoms with Crippen molar-refractivity contribution in [1.82, 2.24) is 5.32 Å². The number of hydrogen-bond donors (Lipinski definition) is 1. The van der Waals surface area contributed by atoms with Crippen LogP contribution in [0.15, 0.2) is 30.3 Å². The molecule has 0 bridgehead atoms. The van der Waals surface area contributed by atoms with Crippen LogP contribution in [-0.2, 0) is 5.54 Å². The van der Waals surface area contributed by atoms with E-state index in [1.165, 1.54) is 37.8 Å². The molecule has 1 aliphatic carbocycles. The van der Waals surface area contributed by atoms with Crippen molar-refractivity contribution >= 4 is 0 Å². The van der Waals surface area contributed by atoms with Gasteiger partial charge in [-0.1, -0.05) is 43.2 Å². The first-order valence-corrected chi connectivity index (χ1v) is 5.72. The highest BCUT2D eigenvalue weighted by Crippen LogP contribution is 2.46. The summed E-state index contributed by atoms with van der Waals surface area (Å²) in [6.07, 6.45) is 5.57. The maximum Gasteiger partial charge on any atom is 0.0475 e. The SMILES string of the molecule is c1ccc([C@]23CCCC[C@@H]2CN3)cc1. The summed E-state index contributed by atoms with van der Waals surface area (Å²) in [6, 6.07) is 11.0. The van der Waals surface area contributed by atoms with E-state index in [9.17, 15) is 0 Å². The minimum absolute atomic E-state index is 0.361. The van der Waals surface area contributed by atoms with Gasteiger partial charge in [-0.2, -0.15) is 0 Å². The van der Waals surface area contributed by atoms with Crippen LogP contribution in [0.4, 0.5) is 0 Å². The van der Waals surface area contributed by atoms with Crippen LogP contribution in [0.2, 0.25) is 0 Å². The van der Waals surface area contributed by atoms with E-state index in [2.05, 4.69) is 35.6 Å². The minimum Gasteiger partial charge on any atom is -0.307 e. The van der Waals surface area contributed by atoms with Crippen LogP contribution in [-0.4, -0.2) is 6.54 Å². The van der Waals surface area contributed by atoms with Crippen molar-refractivity contribution in [2.24, 2.45) is 5.92 Å². The summed E-state index contributed by atoms with van der Waals surface area (Å²) < 4.78 is 0. The van der Waals surface area contributed by atoms with E-state index in [1.807, 2.05) is 0 Å². The Hall–Kier alpha value is -0.820. The van der Waals surface area contributed by atoms with Crippen molar-refractivity contribution in [3.05, 3.63) is 35.9 Å². The highest BCUT2D eigenvalue weighted by atomic mass is 15.1. The Labute approximate surface area is 85.5 Å². The normalized spacial score (nSPS) is 35.9. The summed E-state index contributed by atoms with van der Waals surface area (Å²) in [4.78, 5) is 0. The van der Waals surface area contributed by atoms with E-state index in [-0.39, 0.29) is 0 Å². The summed E-state index contributed by atoms with van der Waals surface area (Å²) >= 11 is 0. The van der Waals surface area contributed by atoms with Gasteiger partial charge in [0.05, 0.1) is 0 Å². The lowest BCUT2D eigenvalue weighted by Crippen LogP contribution is -2.63. The van der Waals surface area contributed by atoms with Gasteiger partial charge in [0.2, 0.25) is 0 Å². The number of benzene rings is 1. The molecule has 2 aliphatic rings. The Bertz CT molecular complexity index is 319. The van der Waals surface area contributed by atoms with Gasteiger partial charge in [-0.25, -0.2) is 0 Å². The van der Waals surface area contributed by atoms with Crippen LogP contribution >= 0.6 is 0 Å². The lowest BCUT2D eigenvalue weighted by Gasteiger charge is -2.54. The molecule has 1 heterocycles. The van der Waals surface area contributed by atoms with Crippen molar-refractivity contribution in [2.45, 2.75) is 31.2 Å². The van der Waals surface area contributed by atoms with Crippen LogP contribution in [0, 0.1) is 5.92 Å². The summed E-state index contributed by atoms with van der Waals surface area (Å²) in [6.45, 7) is 1.23. The van der Waals surface area contributed by atoms with Crippen molar-refractivity contribution in [3.8, 4) is 0 Å². The zero-order chi connectivity index (χ0) is 9.43. The molecule has 1 heteroatoms. The molecule has 1 saturated heterocycles. The molecule has 0 aromatic heterocycles. The van der Waals surface area contributed by atoms with Gasteiger partial charge >= 0.3 is 0 Å². The second kappa shape index (κ2) is 3.09. The first-order chi connectivity index (χ1) is 6.92. The molecule has 0 amide bonds. The smallest absolute Gasteiger partial charge is 0.0475 e. The topological polar surface area (TPSA) is 12.0 Å². The molecule has 1 N–H and O–H groups in total. The molecule has 3 rings (SSSR count). The zero-order valence-electron chi connectivity index (χ0n) is 8.50. The standard InChI is InChI=1S/C13H17N/c1-2-6-11(7-3-1)13-9-5-4-8-12(13)10-14-13/h1-3,6-7,12,14H,4-5,8-10H2/t12-,13-/m1/s1. The van der Waals surface area contributed by atoms with Crippen LogP contribution < -0.4 is 5.32 Å². The molecule has 1 nitrogen and oxygen atoms in total. The minimum atomic E-state index is 0.361.